The number of rotatable bonds is 9. The van der Waals surface area contributed by atoms with Crippen LogP contribution in [0.15, 0.2) is 89.4 Å². The molecule has 3 rings (SSSR count). The van der Waals surface area contributed by atoms with Gasteiger partial charge in [0.15, 0.2) is 9.09 Å². The van der Waals surface area contributed by atoms with E-state index in [0.29, 0.717) is 11.1 Å². The number of pyridine rings is 1. The van der Waals surface area contributed by atoms with Gasteiger partial charge in [-0.05, 0) is 60.2 Å². The number of allylic oxidation sites excluding steroid dienone is 2. The normalized spacial score (nSPS) is 11.8. The molecule has 0 radical (unpaired) electrons. The number of aromatic nitrogens is 1. The standard InChI is InChI=1S/C28H29Cl2NOS/c1-5-8-12-20-13-10-16-24(23(20)11-6-2)26-19-31(4)18-25(27(26)32)21-14-9-15-22(17-21)33-28(29,30)7-3/h5,7-10,13-19H,3,6,11-12H2,1-2,4H3. The Labute approximate surface area is 211 Å². The van der Waals surface area contributed by atoms with Crippen molar-refractivity contribution in [3.05, 3.63) is 101 Å². The van der Waals surface area contributed by atoms with Crippen molar-refractivity contribution >= 4 is 35.0 Å². The number of halogens is 2. The van der Waals surface area contributed by atoms with Crippen molar-refractivity contribution in [3.8, 4) is 22.3 Å². The van der Waals surface area contributed by atoms with Crippen LogP contribution in [0.25, 0.3) is 22.3 Å². The molecule has 0 aliphatic heterocycles. The Hall–Kier alpha value is -2.20. The van der Waals surface area contributed by atoms with Crippen LogP contribution >= 0.6 is 35.0 Å². The summed E-state index contributed by atoms with van der Waals surface area (Å²) < 4.78 is 0.825. The molecule has 0 amide bonds. The first kappa shape index (κ1) is 25.4. The smallest absolute Gasteiger partial charge is 0.197 e. The molecule has 3 aromatic rings. The second-order valence-electron chi connectivity index (χ2n) is 7.94. The molecule has 0 aliphatic rings. The highest BCUT2D eigenvalue weighted by Crippen LogP contribution is 2.41. The highest BCUT2D eigenvalue weighted by molar-refractivity contribution is 8.03. The van der Waals surface area contributed by atoms with Gasteiger partial charge in [-0.1, -0.05) is 97.4 Å². The lowest BCUT2D eigenvalue weighted by molar-refractivity contribution is 0.895. The fraction of sp³-hybridized carbons (Fsp3) is 0.250. The van der Waals surface area contributed by atoms with Gasteiger partial charge in [0.25, 0.3) is 0 Å². The number of nitrogens with zero attached hydrogens (tertiary/aromatic N) is 1. The van der Waals surface area contributed by atoms with Crippen LogP contribution in [0.5, 0.6) is 0 Å². The van der Waals surface area contributed by atoms with Gasteiger partial charge in [-0.3, -0.25) is 4.79 Å². The average Bonchev–Trinajstić information content (AvgIpc) is 2.79. The Kier molecular flexibility index (Phi) is 8.69. The molecule has 1 heterocycles. The van der Waals surface area contributed by atoms with Crippen molar-refractivity contribution in [3.63, 3.8) is 0 Å². The molecule has 0 saturated carbocycles. The number of hydrogen-bond acceptors (Lipinski definition) is 2. The lowest BCUT2D eigenvalue weighted by atomic mass is 9.90. The van der Waals surface area contributed by atoms with Crippen molar-refractivity contribution in [1.29, 1.82) is 0 Å². The zero-order chi connectivity index (χ0) is 24.0. The van der Waals surface area contributed by atoms with E-state index in [1.54, 1.807) is 0 Å². The third kappa shape index (κ3) is 6.23. The summed E-state index contributed by atoms with van der Waals surface area (Å²) in [5.41, 5.74) is 5.74. The Bertz CT molecular complexity index is 1230. The van der Waals surface area contributed by atoms with Crippen molar-refractivity contribution < 1.29 is 0 Å². The molecule has 33 heavy (non-hydrogen) atoms. The molecule has 0 spiro atoms. The number of benzene rings is 2. The number of aryl methyl sites for hydroxylation is 1. The molecule has 2 nitrogen and oxygen atoms in total. The molecule has 0 N–H and O–H groups in total. The van der Waals surface area contributed by atoms with Crippen LogP contribution in [0, 0.1) is 0 Å². The van der Waals surface area contributed by atoms with Crippen LogP contribution in [0.2, 0.25) is 0 Å². The van der Waals surface area contributed by atoms with Gasteiger partial charge in [0.1, 0.15) is 0 Å². The predicted octanol–water partition coefficient (Wildman–Crippen LogP) is 8.20. The summed E-state index contributed by atoms with van der Waals surface area (Å²) in [7, 11) is 1.95. The maximum atomic E-state index is 13.8. The predicted molar refractivity (Wildman–Crippen MR) is 146 cm³/mol. The van der Waals surface area contributed by atoms with E-state index in [4.69, 9.17) is 23.2 Å². The number of thioether (sulfide) groups is 1. The summed E-state index contributed by atoms with van der Waals surface area (Å²) in [4.78, 5) is 14.6. The third-order valence-corrected chi connectivity index (χ3v) is 7.13. The summed E-state index contributed by atoms with van der Waals surface area (Å²) in [5.74, 6) is 0. The minimum Gasteiger partial charge on any atom is -0.356 e. The molecule has 5 heteroatoms. The third-order valence-electron chi connectivity index (χ3n) is 5.43. The number of alkyl halides is 2. The van der Waals surface area contributed by atoms with Crippen molar-refractivity contribution in [1.82, 2.24) is 4.57 Å². The molecule has 0 fully saturated rings. The van der Waals surface area contributed by atoms with E-state index < -0.39 is 3.67 Å². The van der Waals surface area contributed by atoms with Crippen LogP contribution in [-0.4, -0.2) is 8.23 Å². The van der Waals surface area contributed by atoms with E-state index >= 15 is 0 Å². The highest BCUT2D eigenvalue weighted by Gasteiger charge is 2.21. The molecule has 0 saturated heterocycles. The lowest BCUT2D eigenvalue weighted by Gasteiger charge is -2.16. The van der Waals surface area contributed by atoms with Crippen molar-refractivity contribution in [2.75, 3.05) is 0 Å². The fourth-order valence-electron chi connectivity index (χ4n) is 3.90. The zero-order valence-electron chi connectivity index (χ0n) is 19.3. The minimum absolute atomic E-state index is 0.0162. The van der Waals surface area contributed by atoms with E-state index in [2.05, 4.69) is 37.8 Å². The zero-order valence-corrected chi connectivity index (χ0v) is 21.6. The van der Waals surface area contributed by atoms with Crippen LogP contribution < -0.4 is 5.43 Å². The molecule has 2 aromatic carbocycles. The summed E-state index contributed by atoms with van der Waals surface area (Å²) in [5, 5.41) is 0. The number of hydrogen-bond donors (Lipinski definition) is 0. The molecule has 0 bridgehead atoms. The summed E-state index contributed by atoms with van der Waals surface area (Å²) in [6, 6.07) is 14.0. The van der Waals surface area contributed by atoms with Gasteiger partial charge in [0.2, 0.25) is 0 Å². The summed E-state index contributed by atoms with van der Waals surface area (Å²) >= 11 is 13.8. The molecule has 0 aliphatic carbocycles. The van der Waals surface area contributed by atoms with E-state index in [0.717, 1.165) is 35.3 Å². The van der Waals surface area contributed by atoms with Gasteiger partial charge in [-0.2, -0.15) is 0 Å². The molecule has 0 atom stereocenters. The first-order valence-corrected chi connectivity index (χ1v) is 12.6. The topological polar surface area (TPSA) is 22.0 Å². The Morgan fingerprint density at radius 1 is 1.09 bits per heavy atom. The second-order valence-corrected chi connectivity index (χ2v) is 11.1. The first-order chi connectivity index (χ1) is 15.8. The monoisotopic (exact) mass is 497 g/mol. The van der Waals surface area contributed by atoms with Crippen molar-refractivity contribution in [2.45, 2.75) is 41.7 Å². The maximum absolute atomic E-state index is 13.8. The van der Waals surface area contributed by atoms with Gasteiger partial charge < -0.3 is 4.57 Å². The van der Waals surface area contributed by atoms with E-state index in [1.165, 1.54) is 29.0 Å². The molecule has 172 valence electrons. The van der Waals surface area contributed by atoms with Crippen LogP contribution in [0.3, 0.4) is 0 Å². The van der Waals surface area contributed by atoms with Crippen LogP contribution in [0.4, 0.5) is 0 Å². The van der Waals surface area contributed by atoms with Crippen LogP contribution in [-0.2, 0) is 19.9 Å². The Morgan fingerprint density at radius 3 is 2.52 bits per heavy atom. The summed E-state index contributed by atoms with van der Waals surface area (Å²) in [6.45, 7) is 7.89. The van der Waals surface area contributed by atoms with Crippen LogP contribution in [0.1, 0.15) is 31.4 Å². The SMILES string of the molecule is C=CC(Cl)(Cl)Sc1cccc(-c2cn(C)cc(-c3cccc(CC=CC)c3CCC)c2=O)c1. The molecule has 0 unspecified atom stereocenters. The van der Waals surface area contributed by atoms with Gasteiger partial charge in [0.05, 0.1) is 0 Å². The maximum Gasteiger partial charge on any atom is 0.197 e. The van der Waals surface area contributed by atoms with E-state index in [-0.39, 0.29) is 5.43 Å². The molecular weight excluding hydrogens is 469 g/mol. The largest absolute Gasteiger partial charge is 0.356 e. The lowest BCUT2D eigenvalue weighted by Crippen LogP contribution is -2.13. The molecule has 1 aromatic heterocycles. The van der Waals surface area contributed by atoms with Gasteiger partial charge in [-0.25, -0.2) is 0 Å². The van der Waals surface area contributed by atoms with Gasteiger partial charge in [-0.15, -0.1) is 0 Å². The Balaban J connectivity index is 2.16. The first-order valence-electron chi connectivity index (χ1n) is 11.0. The van der Waals surface area contributed by atoms with E-state index in [1.807, 2.05) is 61.3 Å². The average molecular weight is 499 g/mol. The fourth-order valence-corrected chi connectivity index (χ4v) is 5.16. The minimum atomic E-state index is -1.13. The summed E-state index contributed by atoms with van der Waals surface area (Å²) in [6.07, 6.45) is 12.3. The second kappa shape index (κ2) is 11.3. The van der Waals surface area contributed by atoms with Gasteiger partial charge >= 0.3 is 0 Å². The van der Waals surface area contributed by atoms with E-state index in [9.17, 15) is 4.79 Å². The van der Waals surface area contributed by atoms with Gasteiger partial charge in [0, 0.05) is 35.5 Å². The van der Waals surface area contributed by atoms with Crippen molar-refractivity contribution in [2.24, 2.45) is 7.05 Å². The quantitative estimate of drug-likeness (QED) is 0.169. The highest BCUT2D eigenvalue weighted by atomic mass is 35.5. The molecular formula is C28H29Cl2NOS. The Morgan fingerprint density at radius 2 is 1.82 bits per heavy atom.